The molecule has 10 rings (SSSR count). The van der Waals surface area contributed by atoms with E-state index in [-0.39, 0.29) is 23.8 Å². The number of β-lactam (4-membered cyclic amide) rings is 1. The number of rotatable bonds is 18. The fourth-order valence-corrected chi connectivity index (χ4v) is 20.9. The monoisotopic (exact) mass is 1150 g/mol. The van der Waals surface area contributed by atoms with E-state index in [0.717, 1.165) is 55.3 Å². The molecule has 0 spiro atoms. The van der Waals surface area contributed by atoms with Crippen LogP contribution in [0.1, 0.15) is 28.1 Å². The molecule has 16 heteroatoms. The minimum atomic E-state index is -3.54. The molecule has 0 bridgehead atoms. The number of aromatic nitrogens is 2. The number of thioether (sulfide) groups is 1. The number of methoxy groups -OCH3 is 1. The van der Waals surface area contributed by atoms with E-state index in [0.29, 0.717) is 22.8 Å². The number of carbonyl (C=O) groups is 3. The standard InChI is InChI=1S/C58H50IN6O6PS2/c1-69-45-35-33-40(34-36-45)37-71-56(68)51-41(38-72(59,46-27-15-6-16-28-46,47-29-17-7-18-30-47)48-31-19-8-20-32-48)39-73-55-50(54(67)65(51)55)60-53(66)49(63-70-2)52-61-57(74-64-52)62-58(42-21-9-3-10-22-42,43-23-11-4-12-24-43)44-25-13-5-14-26-44/h3-36,50,55H,37-39H2,1-2H3,(H,60,66)(H,61,62,64)/b63-49-/t50-,55-/m1/s1. The number of benzene rings is 7. The van der Waals surface area contributed by atoms with Gasteiger partial charge in [-0.2, -0.15) is 0 Å². The Morgan fingerprint density at radius 2 is 1.20 bits per heavy atom. The molecule has 12 nitrogen and oxygen atoms in total. The van der Waals surface area contributed by atoms with Crippen molar-refractivity contribution < 1.29 is 28.7 Å². The van der Waals surface area contributed by atoms with Crippen LogP contribution in [-0.4, -0.2) is 75.3 Å². The van der Waals surface area contributed by atoms with Gasteiger partial charge in [0, 0.05) is 0 Å². The van der Waals surface area contributed by atoms with Crippen molar-refractivity contribution in [3.63, 3.8) is 0 Å². The number of nitrogens with zero attached hydrogens (tertiary/aromatic N) is 4. The number of esters is 1. The average molecular weight is 1150 g/mol. The predicted octanol–water partition coefficient (Wildman–Crippen LogP) is 9.58. The number of hydrogen-bond donors (Lipinski definition) is 2. The topological polar surface area (TPSA) is 144 Å². The fourth-order valence-electron chi connectivity index (χ4n) is 9.82. The van der Waals surface area contributed by atoms with E-state index >= 15 is 0 Å². The molecule has 2 amide bonds. The SMILES string of the molecule is CO/N=C(\C(=O)N[C@@H]1C(=O)N2C(C(=O)OCc3ccc(OC)cc3)=C(CP(I)(c3ccccc3)(c3ccccc3)c3ccccc3)CS[C@H]12)c1nsc(NC(c2ccccc2)(c2ccccc2)c2ccccc2)n1. The molecular formula is C58H50IN6O6PS2. The van der Waals surface area contributed by atoms with Gasteiger partial charge in [0.1, 0.15) is 5.54 Å². The summed E-state index contributed by atoms with van der Waals surface area (Å²) in [7, 11) is 2.92. The predicted molar refractivity (Wildman–Crippen MR) is 305 cm³/mol. The van der Waals surface area contributed by atoms with Crippen LogP contribution in [-0.2, 0) is 36.1 Å². The second-order valence-corrected chi connectivity index (χ2v) is 30.1. The van der Waals surface area contributed by atoms with Crippen LogP contribution in [0.2, 0.25) is 0 Å². The van der Waals surface area contributed by atoms with Crippen molar-refractivity contribution in [1.29, 1.82) is 0 Å². The zero-order valence-electron chi connectivity index (χ0n) is 40.3. The molecule has 74 heavy (non-hydrogen) atoms. The van der Waals surface area contributed by atoms with Crippen LogP contribution in [0.3, 0.4) is 0 Å². The summed E-state index contributed by atoms with van der Waals surface area (Å²) in [4.78, 5) is 55.7. The summed E-state index contributed by atoms with van der Waals surface area (Å²) in [5.41, 5.74) is 3.42. The maximum absolute atomic E-state index is 14.9. The molecule has 0 saturated carbocycles. The second kappa shape index (κ2) is 21.7. The van der Waals surface area contributed by atoms with E-state index in [1.54, 1.807) is 19.2 Å². The van der Waals surface area contributed by atoms with Crippen LogP contribution < -0.4 is 31.3 Å². The van der Waals surface area contributed by atoms with E-state index in [1.807, 2.05) is 121 Å². The van der Waals surface area contributed by atoms with Crippen LogP contribution in [0.4, 0.5) is 5.13 Å². The third-order valence-corrected chi connectivity index (χ3v) is 26.5. The van der Waals surface area contributed by atoms with Gasteiger partial charge in [-0.05, 0) is 16.7 Å². The van der Waals surface area contributed by atoms with Crippen molar-refractivity contribution in [2.45, 2.75) is 23.6 Å². The Balaban J connectivity index is 0.983. The molecule has 1 saturated heterocycles. The summed E-state index contributed by atoms with van der Waals surface area (Å²) in [5, 5.41) is 13.8. The summed E-state index contributed by atoms with van der Waals surface area (Å²) in [5.74, 6) is -0.787. The summed E-state index contributed by atoms with van der Waals surface area (Å²) in [6.45, 7) is -0.0407. The van der Waals surface area contributed by atoms with Crippen LogP contribution in [0.5, 0.6) is 5.75 Å². The number of ether oxygens (including phenoxy) is 2. The summed E-state index contributed by atoms with van der Waals surface area (Å²) in [6, 6.07) is 67.7. The third kappa shape index (κ3) is 9.38. The van der Waals surface area contributed by atoms with E-state index in [9.17, 15) is 14.4 Å². The molecule has 0 radical (unpaired) electrons. The quantitative estimate of drug-likeness (QED) is 0.0162. The molecule has 0 unspecified atom stereocenters. The minimum absolute atomic E-state index is 0.000854. The van der Waals surface area contributed by atoms with Crippen molar-refractivity contribution >= 4 is 94.1 Å². The Hall–Kier alpha value is -7.17. The van der Waals surface area contributed by atoms with Gasteiger partial charge < -0.3 is 5.32 Å². The Kier molecular flexibility index (Phi) is 14.8. The van der Waals surface area contributed by atoms with Crippen molar-refractivity contribution in [2.24, 2.45) is 5.16 Å². The van der Waals surface area contributed by atoms with Gasteiger partial charge in [-0.3, -0.25) is 0 Å². The molecule has 8 aromatic rings. The van der Waals surface area contributed by atoms with Crippen molar-refractivity contribution in [3.8, 4) is 5.75 Å². The van der Waals surface area contributed by atoms with Crippen molar-refractivity contribution in [2.75, 3.05) is 31.5 Å². The number of carbonyl (C=O) groups excluding carboxylic acids is 3. The zero-order valence-corrected chi connectivity index (χ0v) is 45.0. The van der Waals surface area contributed by atoms with Gasteiger partial charge in [-0.25, -0.2) is 0 Å². The first-order chi connectivity index (χ1) is 36.2. The molecule has 1 fully saturated rings. The number of nitrogens with one attached hydrogen (secondary N) is 2. The summed E-state index contributed by atoms with van der Waals surface area (Å²) in [6.07, 6.45) is 0.425. The molecule has 2 N–H and O–H groups in total. The number of oxime groups is 1. The van der Waals surface area contributed by atoms with Crippen molar-refractivity contribution in [1.82, 2.24) is 19.6 Å². The summed E-state index contributed by atoms with van der Waals surface area (Å²) >= 11 is 5.24. The van der Waals surface area contributed by atoms with Crippen LogP contribution in [0.25, 0.3) is 0 Å². The van der Waals surface area contributed by atoms with E-state index < -0.39 is 39.0 Å². The van der Waals surface area contributed by atoms with Crippen LogP contribution in [0.15, 0.2) is 223 Å². The van der Waals surface area contributed by atoms with Gasteiger partial charge >= 0.3 is 335 Å². The Bertz CT molecular complexity index is 3140. The zero-order chi connectivity index (χ0) is 51.2. The van der Waals surface area contributed by atoms with Gasteiger partial charge in [0.25, 0.3) is 0 Å². The fraction of sp³-hybridized carbons (Fsp3) is 0.138. The average Bonchev–Trinajstić information content (AvgIpc) is 3.93. The van der Waals surface area contributed by atoms with Gasteiger partial charge in [-0.1, -0.05) is 91.0 Å². The Morgan fingerprint density at radius 1 is 0.716 bits per heavy atom. The molecule has 2 aliphatic rings. The van der Waals surface area contributed by atoms with Crippen molar-refractivity contribution in [3.05, 3.63) is 246 Å². The number of fused-ring (bicyclic) bond motifs is 1. The molecular weight excluding hydrogens is 1100 g/mol. The normalized spacial score (nSPS) is 16.2. The first kappa shape index (κ1) is 50.4. The third-order valence-electron chi connectivity index (χ3n) is 13.4. The molecule has 2 aliphatic heterocycles. The Labute approximate surface area is 450 Å². The first-order valence-corrected chi connectivity index (χ1v) is 30.8. The first-order valence-electron chi connectivity index (χ1n) is 23.7. The number of amides is 2. The van der Waals surface area contributed by atoms with Gasteiger partial charge in [-0.15, -0.1) is 0 Å². The van der Waals surface area contributed by atoms with E-state index in [1.165, 1.54) is 23.8 Å². The van der Waals surface area contributed by atoms with Gasteiger partial charge in [0.2, 0.25) is 0 Å². The van der Waals surface area contributed by atoms with E-state index in [2.05, 4.69) is 115 Å². The molecule has 1 aromatic heterocycles. The molecule has 3 heterocycles. The van der Waals surface area contributed by atoms with Gasteiger partial charge in [0.05, 0.1) is 0 Å². The molecule has 7 aromatic carbocycles. The summed E-state index contributed by atoms with van der Waals surface area (Å²) < 4.78 is 12.6. The Morgan fingerprint density at radius 3 is 1.68 bits per heavy atom. The molecule has 372 valence electrons. The van der Waals surface area contributed by atoms with E-state index in [4.69, 9.17) is 19.3 Å². The van der Waals surface area contributed by atoms with Gasteiger partial charge in [0.15, 0.2) is 0 Å². The molecule has 2 atom stereocenters. The number of anilines is 1. The van der Waals surface area contributed by atoms with Crippen LogP contribution >= 0.6 is 49.6 Å². The number of hydrogen-bond acceptors (Lipinski definition) is 12. The number of halogens is 1. The van der Waals surface area contributed by atoms with Crippen LogP contribution in [0, 0.1) is 0 Å². The maximum atomic E-state index is 14.9. The molecule has 0 aliphatic carbocycles. The second-order valence-electron chi connectivity index (χ2n) is 17.6.